The summed E-state index contributed by atoms with van der Waals surface area (Å²) >= 11 is 1.78. The Morgan fingerprint density at radius 3 is 2.85 bits per heavy atom. The molecule has 0 atom stereocenters. The maximum absolute atomic E-state index is 5.30. The van der Waals surface area contributed by atoms with E-state index in [4.69, 9.17) is 4.74 Å². The molecule has 0 aromatic carbocycles. The van der Waals surface area contributed by atoms with Crippen LogP contribution in [0.4, 0.5) is 0 Å². The second-order valence-corrected chi connectivity index (χ2v) is 4.68. The van der Waals surface area contributed by atoms with Crippen LogP contribution in [0.5, 0.6) is 0 Å². The monoisotopic (exact) mass is 199 g/mol. The number of methoxy groups -OCH3 is 1. The molecule has 0 amide bonds. The molecule has 1 N–H and O–H groups in total. The van der Waals surface area contributed by atoms with E-state index in [-0.39, 0.29) is 5.60 Å². The van der Waals surface area contributed by atoms with Crippen LogP contribution in [-0.2, 0) is 11.3 Å². The Balaban J connectivity index is 2.21. The van der Waals surface area contributed by atoms with Crippen molar-refractivity contribution in [2.75, 3.05) is 13.7 Å². The first-order chi connectivity index (χ1) is 6.14. The Kier molecular flexibility index (Phi) is 3.90. The van der Waals surface area contributed by atoms with Gasteiger partial charge >= 0.3 is 0 Å². The highest BCUT2D eigenvalue weighted by Gasteiger charge is 2.14. The lowest BCUT2D eigenvalue weighted by Gasteiger charge is -2.22. The minimum absolute atomic E-state index is 0.0722. The van der Waals surface area contributed by atoms with Crippen molar-refractivity contribution in [2.24, 2.45) is 0 Å². The fraction of sp³-hybridized carbons (Fsp3) is 0.600. The number of thiophene rings is 1. The van der Waals surface area contributed by atoms with E-state index in [0.29, 0.717) is 0 Å². The van der Waals surface area contributed by atoms with Crippen molar-refractivity contribution in [3.8, 4) is 0 Å². The SMILES string of the molecule is COC(C)(C)CNCc1cccs1. The lowest BCUT2D eigenvalue weighted by atomic mass is 10.1. The lowest BCUT2D eigenvalue weighted by molar-refractivity contribution is 0.0231. The van der Waals surface area contributed by atoms with Crippen molar-refractivity contribution in [2.45, 2.75) is 26.0 Å². The molecule has 1 heterocycles. The van der Waals surface area contributed by atoms with Gasteiger partial charge in [-0.3, -0.25) is 0 Å². The van der Waals surface area contributed by atoms with E-state index in [1.54, 1.807) is 18.4 Å². The van der Waals surface area contributed by atoms with Gasteiger partial charge in [0.1, 0.15) is 0 Å². The summed E-state index contributed by atoms with van der Waals surface area (Å²) in [7, 11) is 1.74. The standard InChI is InChI=1S/C10H17NOS/c1-10(2,12-3)8-11-7-9-5-4-6-13-9/h4-6,11H,7-8H2,1-3H3. The summed E-state index contributed by atoms with van der Waals surface area (Å²) in [5.74, 6) is 0. The van der Waals surface area contributed by atoms with Crippen LogP contribution in [0.25, 0.3) is 0 Å². The molecule has 0 bridgehead atoms. The predicted octanol–water partition coefficient (Wildman–Crippen LogP) is 2.26. The Bertz CT molecular complexity index is 231. The molecule has 0 saturated heterocycles. The Morgan fingerprint density at radius 1 is 1.54 bits per heavy atom. The van der Waals surface area contributed by atoms with Crippen LogP contribution in [0.1, 0.15) is 18.7 Å². The molecule has 3 heteroatoms. The molecule has 0 unspecified atom stereocenters. The average Bonchev–Trinajstić information content (AvgIpc) is 2.57. The van der Waals surface area contributed by atoms with E-state index >= 15 is 0 Å². The van der Waals surface area contributed by atoms with Crippen molar-refractivity contribution in [3.05, 3.63) is 22.4 Å². The fourth-order valence-corrected chi connectivity index (χ4v) is 1.65. The number of hydrogen-bond donors (Lipinski definition) is 1. The van der Waals surface area contributed by atoms with Gasteiger partial charge in [-0.1, -0.05) is 6.07 Å². The van der Waals surface area contributed by atoms with Gasteiger partial charge in [0.15, 0.2) is 0 Å². The van der Waals surface area contributed by atoms with Gasteiger partial charge in [0.2, 0.25) is 0 Å². The molecule has 0 aliphatic heterocycles. The molecule has 2 nitrogen and oxygen atoms in total. The van der Waals surface area contributed by atoms with Gasteiger partial charge in [-0.15, -0.1) is 11.3 Å². The highest BCUT2D eigenvalue weighted by molar-refractivity contribution is 7.09. The number of rotatable bonds is 5. The molecule has 0 spiro atoms. The summed E-state index contributed by atoms with van der Waals surface area (Å²) in [5, 5.41) is 5.46. The first-order valence-electron chi connectivity index (χ1n) is 4.42. The normalized spacial score (nSPS) is 11.9. The van der Waals surface area contributed by atoms with Crippen molar-refractivity contribution in [1.82, 2.24) is 5.32 Å². The summed E-state index contributed by atoms with van der Waals surface area (Å²) in [4.78, 5) is 1.37. The maximum Gasteiger partial charge on any atom is 0.0746 e. The van der Waals surface area contributed by atoms with E-state index < -0.39 is 0 Å². The first kappa shape index (κ1) is 10.7. The van der Waals surface area contributed by atoms with E-state index in [9.17, 15) is 0 Å². The van der Waals surface area contributed by atoms with Crippen molar-refractivity contribution >= 4 is 11.3 Å². The molecule has 13 heavy (non-hydrogen) atoms. The van der Waals surface area contributed by atoms with Crippen LogP contribution >= 0.6 is 11.3 Å². The topological polar surface area (TPSA) is 21.3 Å². The van der Waals surface area contributed by atoms with Crippen molar-refractivity contribution in [1.29, 1.82) is 0 Å². The first-order valence-corrected chi connectivity index (χ1v) is 5.30. The zero-order chi connectivity index (χ0) is 9.73. The van der Waals surface area contributed by atoms with Crippen LogP contribution in [0.2, 0.25) is 0 Å². The highest BCUT2D eigenvalue weighted by atomic mass is 32.1. The van der Waals surface area contributed by atoms with Crippen LogP contribution in [0.3, 0.4) is 0 Å². The molecule has 74 valence electrons. The second kappa shape index (κ2) is 4.74. The van der Waals surface area contributed by atoms with Crippen LogP contribution in [-0.4, -0.2) is 19.3 Å². The van der Waals surface area contributed by atoms with Gasteiger partial charge in [0.05, 0.1) is 5.60 Å². The molecule has 0 saturated carbocycles. The molecule has 1 aromatic heterocycles. The quantitative estimate of drug-likeness (QED) is 0.785. The summed E-state index contributed by atoms with van der Waals surface area (Å²) in [6.45, 7) is 5.97. The zero-order valence-corrected chi connectivity index (χ0v) is 9.28. The number of hydrogen-bond acceptors (Lipinski definition) is 3. The summed E-state index contributed by atoms with van der Waals surface area (Å²) in [5.41, 5.74) is -0.0722. The Morgan fingerprint density at radius 2 is 2.31 bits per heavy atom. The molecule has 1 aromatic rings. The molecule has 0 aliphatic carbocycles. The summed E-state index contributed by atoms with van der Waals surface area (Å²) in [6.07, 6.45) is 0. The summed E-state index contributed by atoms with van der Waals surface area (Å²) in [6, 6.07) is 4.21. The third-order valence-corrected chi connectivity index (χ3v) is 2.86. The maximum atomic E-state index is 5.30. The number of ether oxygens (including phenoxy) is 1. The third-order valence-electron chi connectivity index (χ3n) is 1.98. The van der Waals surface area contributed by atoms with E-state index in [1.807, 2.05) is 0 Å². The smallest absolute Gasteiger partial charge is 0.0746 e. The van der Waals surface area contributed by atoms with Crippen molar-refractivity contribution in [3.63, 3.8) is 0 Å². The predicted molar refractivity (Wildman–Crippen MR) is 57.1 cm³/mol. The Labute approximate surface area is 83.9 Å². The van der Waals surface area contributed by atoms with E-state index in [1.165, 1.54) is 4.88 Å². The summed E-state index contributed by atoms with van der Waals surface area (Å²) < 4.78 is 5.30. The molecule has 1 rings (SSSR count). The molecule has 0 aliphatic rings. The minimum atomic E-state index is -0.0722. The lowest BCUT2D eigenvalue weighted by Crippen LogP contribution is -2.36. The number of nitrogens with one attached hydrogen (secondary N) is 1. The second-order valence-electron chi connectivity index (χ2n) is 3.65. The fourth-order valence-electron chi connectivity index (χ4n) is 0.972. The highest BCUT2D eigenvalue weighted by Crippen LogP contribution is 2.09. The van der Waals surface area contributed by atoms with Gasteiger partial charge in [0, 0.05) is 25.1 Å². The largest absolute Gasteiger partial charge is 0.377 e. The van der Waals surface area contributed by atoms with Gasteiger partial charge in [0.25, 0.3) is 0 Å². The van der Waals surface area contributed by atoms with Gasteiger partial charge in [-0.05, 0) is 25.3 Å². The van der Waals surface area contributed by atoms with Crippen LogP contribution in [0.15, 0.2) is 17.5 Å². The molecular formula is C10H17NOS. The van der Waals surface area contributed by atoms with Crippen LogP contribution in [0, 0.1) is 0 Å². The Hall–Kier alpha value is -0.380. The van der Waals surface area contributed by atoms with Crippen molar-refractivity contribution < 1.29 is 4.74 Å². The molecule has 0 fully saturated rings. The van der Waals surface area contributed by atoms with Gasteiger partial charge in [-0.25, -0.2) is 0 Å². The van der Waals surface area contributed by atoms with Gasteiger partial charge in [-0.2, -0.15) is 0 Å². The van der Waals surface area contributed by atoms with Gasteiger partial charge < -0.3 is 10.1 Å². The molecule has 0 radical (unpaired) electrons. The van der Waals surface area contributed by atoms with E-state index in [2.05, 4.69) is 36.7 Å². The third kappa shape index (κ3) is 3.89. The average molecular weight is 199 g/mol. The molecular weight excluding hydrogens is 182 g/mol. The zero-order valence-electron chi connectivity index (χ0n) is 8.46. The van der Waals surface area contributed by atoms with Crippen LogP contribution < -0.4 is 5.32 Å². The van der Waals surface area contributed by atoms with E-state index in [0.717, 1.165) is 13.1 Å². The minimum Gasteiger partial charge on any atom is -0.377 e.